The smallest absolute Gasteiger partial charge is 0.460 e. The molecule has 2 N–H and O–H groups in total. The molecule has 0 bridgehead atoms. The van der Waals surface area contributed by atoms with Crippen LogP contribution < -0.4 is 0 Å². The van der Waals surface area contributed by atoms with Crippen LogP contribution in [0.5, 0.6) is 0 Å². The molecule has 0 saturated carbocycles. The summed E-state index contributed by atoms with van der Waals surface area (Å²) in [5, 5.41) is 8.76. The second-order valence-electron chi connectivity index (χ2n) is 9.73. The van der Waals surface area contributed by atoms with Crippen LogP contribution in [0.3, 0.4) is 0 Å². The molecular formula is C20H23EuF14O4+. The van der Waals surface area contributed by atoms with E-state index >= 15 is 0 Å². The second-order valence-corrected chi connectivity index (χ2v) is 9.73. The summed E-state index contributed by atoms with van der Waals surface area (Å²) in [6.07, 6.45) is -15.0. The summed E-state index contributed by atoms with van der Waals surface area (Å²) in [7, 11) is 0. The Morgan fingerprint density at radius 2 is 0.923 bits per heavy atom. The summed E-state index contributed by atoms with van der Waals surface area (Å²) < 4.78 is 173. The van der Waals surface area contributed by atoms with E-state index in [1.807, 2.05) is 0 Å². The van der Waals surface area contributed by atoms with Gasteiger partial charge in [-0.1, -0.05) is 20.8 Å². The molecule has 0 aliphatic rings. The van der Waals surface area contributed by atoms with Crippen molar-refractivity contribution in [3.05, 3.63) is 11.8 Å². The van der Waals surface area contributed by atoms with E-state index in [4.69, 9.17) is 5.11 Å². The minimum absolute atomic E-state index is 0. The second kappa shape index (κ2) is 13.0. The molecule has 0 atom stereocenters. The first-order valence-corrected chi connectivity index (χ1v) is 9.79. The third kappa shape index (κ3) is 10.2. The van der Waals surface area contributed by atoms with E-state index in [2.05, 4.69) is 0 Å². The fourth-order valence-electron chi connectivity index (χ4n) is 1.65. The molecule has 0 aromatic carbocycles. The van der Waals surface area contributed by atoms with Gasteiger partial charge in [-0.2, -0.15) is 61.5 Å². The number of allylic oxidation sites excluding steroid dienone is 2. The molecule has 19 heteroatoms. The minimum atomic E-state index is -6.59. The van der Waals surface area contributed by atoms with Crippen LogP contribution in [0.4, 0.5) is 61.5 Å². The molecule has 0 unspecified atom stereocenters. The number of hydrogen-bond donors (Lipinski definition) is 1. The van der Waals surface area contributed by atoms with E-state index in [-0.39, 0.29) is 55.5 Å². The zero-order valence-electron chi connectivity index (χ0n) is 20.7. The van der Waals surface area contributed by atoms with E-state index in [1.165, 1.54) is 41.5 Å². The fraction of sp³-hybridized carbons (Fsp3) is 0.750. The van der Waals surface area contributed by atoms with E-state index in [0.29, 0.717) is 0 Å². The Morgan fingerprint density at radius 1 is 0.615 bits per heavy atom. The van der Waals surface area contributed by atoms with E-state index < -0.39 is 76.4 Å². The van der Waals surface area contributed by atoms with Crippen LogP contribution in [-0.2, 0) is 9.59 Å². The molecule has 39 heavy (non-hydrogen) atoms. The standard InChI is InChI=1S/2C10H11F7O2.Eu/c2*1-7(2,3)5(18)4-6(19)8(11,12)9(13,14)10(15,16)17;/h4H2,1-3H3;4,19H,1-3H3;/p+1. The maximum Gasteiger partial charge on any atom is 0.460 e. The molecular weight excluding hydrogens is 722 g/mol. The van der Waals surface area contributed by atoms with Crippen molar-refractivity contribution in [3.8, 4) is 0 Å². The van der Waals surface area contributed by atoms with Crippen molar-refractivity contribution in [3.63, 3.8) is 0 Å². The number of Topliss-reactive ketones (excluding diaryl/α,β-unsaturated/α-hetero) is 2. The zero-order chi connectivity index (χ0) is 31.7. The summed E-state index contributed by atoms with van der Waals surface area (Å²) >= 11 is 0. The molecule has 4 nitrogen and oxygen atoms in total. The summed E-state index contributed by atoms with van der Waals surface area (Å²) in [5.41, 5.74) is -2.52. The predicted molar refractivity (Wildman–Crippen MR) is 103 cm³/mol. The maximum atomic E-state index is 12.9. The Hall–Kier alpha value is -0.846. The molecule has 0 rings (SSSR count). The molecule has 0 heterocycles. The molecule has 0 aliphatic carbocycles. The summed E-state index contributed by atoms with van der Waals surface area (Å²) in [4.78, 5) is 31.3. The van der Waals surface area contributed by atoms with Crippen molar-refractivity contribution < 1.29 is 130 Å². The number of aliphatic hydroxyl groups excluding tert-OH is 1. The van der Waals surface area contributed by atoms with Crippen molar-refractivity contribution in [2.24, 2.45) is 10.8 Å². The molecule has 0 aromatic rings. The average Bonchev–Trinajstić information content (AvgIpc) is 2.64. The number of ketones is 3. The van der Waals surface area contributed by atoms with E-state index in [9.17, 15) is 75.8 Å². The summed E-state index contributed by atoms with van der Waals surface area (Å²) in [6, 6.07) is 0. The van der Waals surface area contributed by atoms with Crippen molar-refractivity contribution in [1.82, 2.24) is 0 Å². The largest absolute Gasteiger partial charge is 0.506 e. The Balaban J connectivity index is -0.000000648. The van der Waals surface area contributed by atoms with Gasteiger partial charge in [0.05, 0.1) is 17.9 Å². The Bertz CT molecular complexity index is 921. The SMILES string of the molecule is CC(C)(C)C(=O)CC(=O)C(F)(F)C(F)(F)C(F)(F)F.CC(C)(C)C(=[OH+])C=C(O)C(F)(F)C(F)(F)C(F)(F)F.[Eu]. The molecule has 231 valence electrons. The van der Waals surface area contributed by atoms with Crippen LogP contribution in [0.1, 0.15) is 48.0 Å². The van der Waals surface area contributed by atoms with Gasteiger partial charge in [0.15, 0.2) is 5.76 Å². The molecule has 0 aliphatic heterocycles. The maximum absolute atomic E-state index is 12.9. The number of carbonyl (C=O) groups excluding carboxylic acids is 3. The first-order chi connectivity index (χ1) is 16.1. The van der Waals surface area contributed by atoms with Gasteiger partial charge in [-0.15, -0.1) is 0 Å². The monoisotopic (exact) mass is 746 g/mol. The fourth-order valence-corrected chi connectivity index (χ4v) is 1.65. The first kappa shape index (κ1) is 42.6. The van der Waals surface area contributed by atoms with E-state index in [0.717, 1.165) is 0 Å². The van der Waals surface area contributed by atoms with Crippen LogP contribution in [0.25, 0.3) is 0 Å². The Labute approximate surface area is 253 Å². The average molecular weight is 745 g/mol. The molecule has 0 saturated heterocycles. The molecule has 1 radical (unpaired) electrons. The van der Waals surface area contributed by atoms with Crippen LogP contribution in [0.2, 0.25) is 0 Å². The van der Waals surface area contributed by atoms with Gasteiger partial charge in [0.2, 0.25) is 5.78 Å². The van der Waals surface area contributed by atoms with Gasteiger partial charge in [-0.25, -0.2) is 0 Å². The van der Waals surface area contributed by atoms with Crippen LogP contribution in [0, 0.1) is 60.2 Å². The molecule has 0 fully saturated rings. The van der Waals surface area contributed by atoms with Gasteiger partial charge >= 0.3 is 41.8 Å². The van der Waals surface area contributed by atoms with Crippen molar-refractivity contribution in [2.45, 2.75) is 84.0 Å². The Morgan fingerprint density at radius 3 is 1.18 bits per heavy atom. The van der Waals surface area contributed by atoms with Gasteiger partial charge < -0.3 is 5.11 Å². The molecule has 0 aromatic heterocycles. The van der Waals surface area contributed by atoms with Gasteiger partial charge in [-0.3, -0.25) is 14.4 Å². The molecule has 0 amide bonds. The van der Waals surface area contributed by atoms with Crippen LogP contribution in [0.15, 0.2) is 11.8 Å². The minimum Gasteiger partial charge on any atom is -0.506 e. The summed E-state index contributed by atoms with van der Waals surface area (Å²) in [6.45, 7) is 7.44. The zero-order valence-corrected chi connectivity index (χ0v) is 23.1. The van der Waals surface area contributed by atoms with Crippen molar-refractivity contribution in [2.75, 3.05) is 0 Å². The third-order valence-electron chi connectivity index (χ3n) is 4.37. The van der Waals surface area contributed by atoms with Crippen LogP contribution in [-0.4, -0.2) is 63.3 Å². The van der Waals surface area contributed by atoms with Crippen molar-refractivity contribution >= 4 is 17.3 Å². The van der Waals surface area contributed by atoms with Gasteiger partial charge in [-0.05, 0) is 20.8 Å². The third-order valence-corrected chi connectivity index (χ3v) is 4.37. The summed E-state index contributed by atoms with van der Waals surface area (Å²) in [5.74, 6) is -32.3. The topological polar surface area (TPSA) is 75.8 Å². The van der Waals surface area contributed by atoms with Crippen molar-refractivity contribution in [1.29, 1.82) is 0 Å². The predicted octanol–water partition coefficient (Wildman–Crippen LogP) is 7.25. The van der Waals surface area contributed by atoms with Gasteiger partial charge in [0, 0.05) is 54.8 Å². The Kier molecular flexibility index (Phi) is 14.2. The van der Waals surface area contributed by atoms with E-state index in [1.54, 1.807) is 0 Å². The quantitative estimate of drug-likeness (QED) is 0.0982. The molecule has 0 spiro atoms. The van der Waals surface area contributed by atoms with Gasteiger partial charge in [0.1, 0.15) is 5.78 Å². The van der Waals surface area contributed by atoms with Gasteiger partial charge in [0.25, 0.3) is 0 Å². The number of carbonyl (C=O) groups is 2. The normalized spacial score (nSPS) is 14.6. The number of alkyl halides is 14. The number of hydrogen-bond acceptors (Lipinski definition) is 3. The number of aliphatic hydroxyl groups is 1. The van der Waals surface area contributed by atoms with Crippen LogP contribution >= 0.6 is 0 Å². The first-order valence-electron chi connectivity index (χ1n) is 9.79. The number of halogens is 14. The number of rotatable bonds is 7.